The number of carbonyl (C=O) groups is 2. The Balaban J connectivity index is 1.51. The Hall–Kier alpha value is -2.71. The summed E-state index contributed by atoms with van der Waals surface area (Å²) in [6.45, 7) is 0.962. The Labute approximate surface area is 152 Å². The number of thiazole rings is 1. The van der Waals surface area contributed by atoms with Crippen LogP contribution in [-0.4, -0.2) is 52.7 Å². The number of carboxylic acid groups (broad SMARTS) is 1. The number of carbonyl (C=O) groups excluding carboxylic acids is 1. The number of para-hydroxylation sites is 1. The number of morpholine rings is 1. The summed E-state index contributed by atoms with van der Waals surface area (Å²) in [5.41, 5.74) is 0.890. The molecule has 3 aromatic rings. The molecule has 0 radical (unpaired) electrons. The summed E-state index contributed by atoms with van der Waals surface area (Å²) in [6.07, 6.45) is -0.622. The van der Waals surface area contributed by atoms with Gasteiger partial charge in [0.25, 0.3) is 5.91 Å². The van der Waals surface area contributed by atoms with Crippen molar-refractivity contribution in [3.8, 4) is 10.8 Å². The molecule has 0 spiro atoms. The minimum atomic E-state index is -0.944. The molecule has 0 aliphatic carbocycles. The maximum atomic E-state index is 12.7. The Morgan fingerprint density at radius 1 is 1.27 bits per heavy atom. The van der Waals surface area contributed by atoms with Crippen molar-refractivity contribution in [2.45, 2.75) is 12.5 Å². The number of carboxylic acids is 1. The van der Waals surface area contributed by atoms with Crippen LogP contribution in [0.3, 0.4) is 0 Å². The third-order valence-corrected chi connectivity index (χ3v) is 5.20. The van der Waals surface area contributed by atoms with E-state index in [9.17, 15) is 9.59 Å². The Morgan fingerprint density at radius 3 is 2.92 bits per heavy atom. The zero-order chi connectivity index (χ0) is 18.1. The summed E-state index contributed by atoms with van der Waals surface area (Å²) >= 11 is 1.50. The number of hydrogen-bond acceptors (Lipinski definition) is 6. The minimum Gasteiger partial charge on any atom is -0.481 e. The molecule has 1 unspecified atom stereocenters. The molecule has 1 aliphatic heterocycles. The number of fused-ring (bicyclic) bond motifs is 1. The normalized spacial score (nSPS) is 17.5. The highest BCUT2D eigenvalue weighted by Gasteiger charge is 2.28. The van der Waals surface area contributed by atoms with Gasteiger partial charge in [-0.15, -0.1) is 11.3 Å². The van der Waals surface area contributed by atoms with Gasteiger partial charge in [-0.1, -0.05) is 12.1 Å². The first-order valence-corrected chi connectivity index (χ1v) is 9.00. The lowest BCUT2D eigenvalue weighted by atomic mass is 10.2. The lowest BCUT2D eigenvalue weighted by Gasteiger charge is -2.31. The molecule has 3 heterocycles. The van der Waals surface area contributed by atoms with E-state index in [1.54, 1.807) is 17.0 Å². The Morgan fingerprint density at radius 2 is 2.12 bits per heavy atom. The predicted octanol–water partition coefficient (Wildman–Crippen LogP) is 2.87. The fourth-order valence-corrected chi connectivity index (χ4v) is 3.85. The molecule has 1 fully saturated rings. The van der Waals surface area contributed by atoms with Gasteiger partial charge in [0.1, 0.15) is 0 Å². The number of furan rings is 1. The summed E-state index contributed by atoms with van der Waals surface area (Å²) in [5.74, 6) is -0.448. The SMILES string of the molecule is O=C(O)CC1CN(C(=O)c2ccc(-c3nc4ccccc4s3)o2)CCO1. The molecule has 1 aromatic carbocycles. The van der Waals surface area contributed by atoms with Gasteiger partial charge in [0.05, 0.1) is 29.3 Å². The van der Waals surface area contributed by atoms with Gasteiger partial charge >= 0.3 is 5.97 Å². The second kappa shape index (κ2) is 6.89. The first-order chi connectivity index (χ1) is 12.6. The van der Waals surface area contributed by atoms with Crippen molar-refractivity contribution in [1.82, 2.24) is 9.88 Å². The van der Waals surface area contributed by atoms with E-state index in [1.807, 2.05) is 24.3 Å². The van der Waals surface area contributed by atoms with Crippen molar-refractivity contribution >= 4 is 33.4 Å². The summed E-state index contributed by atoms with van der Waals surface area (Å²) in [4.78, 5) is 29.6. The van der Waals surface area contributed by atoms with Crippen molar-refractivity contribution in [2.75, 3.05) is 19.7 Å². The highest BCUT2D eigenvalue weighted by molar-refractivity contribution is 7.21. The van der Waals surface area contributed by atoms with Crippen LogP contribution in [0.5, 0.6) is 0 Å². The number of rotatable bonds is 4. The smallest absolute Gasteiger partial charge is 0.306 e. The molecule has 7 nitrogen and oxygen atoms in total. The molecule has 26 heavy (non-hydrogen) atoms. The number of amides is 1. The van der Waals surface area contributed by atoms with E-state index in [1.165, 1.54) is 11.3 Å². The third-order valence-electron chi connectivity index (χ3n) is 4.15. The summed E-state index contributed by atoms with van der Waals surface area (Å²) in [6, 6.07) is 11.2. The molecule has 4 rings (SSSR count). The number of ether oxygens (including phenoxy) is 1. The van der Waals surface area contributed by atoms with E-state index in [0.717, 1.165) is 15.2 Å². The number of aromatic nitrogens is 1. The lowest BCUT2D eigenvalue weighted by Crippen LogP contribution is -2.46. The average Bonchev–Trinajstić information content (AvgIpc) is 3.27. The predicted molar refractivity (Wildman–Crippen MR) is 95.2 cm³/mol. The third kappa shape index (κ3) is 3.33. The van der Waals surface area contributed by atoms with Gasteiger partial charge in [0.2, 0.25) is 0 Å². The van der Waals surface area contributed by atoms with Gasteiger partial charge in [0.15, 0.2) is 16.5 Å². The second-order valence-electron chi connectivity index (χ2n) is 5.99. The monoisotopic (exact) mass is 372 g/mol. The molecule has 2 aromatic heterocycles. The fraction of sp³-hybridized carbons (Fsp3) is 0.278. The van der Waals surface area contributed by atoms with Crippen molar-refractivity contribution in [2.24, 2.45) is 0 Å². The van der Waals surface area contributed by atoms with E-state index in [0.29, 0.717) is 18.9 Å². The molecule has 1 aliphatic rings. The van der Waals surface area contributed by atoms with E-state index in [-0.39, 0.29) is 24.6 Å². The van der Waals surface area contributed by atoms with Crippen LogP contribution in [0.1, 0.15) is 17.0 Å². The molecular weight excluding hydrogens is 356 g/mol. The Bertz CT molecular complexity index is 930. The Kier molecular flexibility index (Phi) is 4.44. The van der Waals surface area contributed by atoms with Crippen LogP contribution in [0.2, 0.25) is 0 Å². The summed E-state index contributed by atoms with van der Waals surface area (Å²) < 4.78 is 12.2. The van der Waals surface area contributed by atoms with Crippen LogP contribution >= 0.6 is 11.3 Å². The van der Waals surface area contributed by atoms with Gasteiger partial charge < -0.3 is 19.2 Å². The van der Waals surface area contributed by atoms with Gasteiger partial charge in [-0.3, -0.25) is 9.59 Å². The van der Waals surface area contributed by atoms with Crippen molar-refractivity contribution in [3.63, 3.8) is 0 Å². The van der Waals surface area contributed by atoms with Crippen LogP contribution in [0.4, 0.5) is 0 Å². The molecule has 134 valence electrons. The maximum Gasteiger partial charge on any atom is 0.306 e. The number of benzene rings is 1. The zero-order valence-electron chi connectivity index (χ0n) is 13.8. The maximum absolute atomic E-state index is 12.7. The van der Waals surface area contributed by atoms with Crippen LogP contribution in [0, 0.1) is 0 Å². The average molecular weight is 372 g/mol. The van der Waals surface area contributed by atoms with E-state index in [4.69, 9.17) is 14.3 Å². The summed E-state index contributed by atoms with van der Waals surface area (Å²) in [5, 5.41) is 9.61. The van der Waals surface area contributed by atoms with Gasteiger partial charge in [-0.25, -0.2) is 4.98 Å². The van der Waals surface area contributed by atoms with Crippen molar-refractivity contribution in [3.05, 3.63) is 42.2 Å². The highest BCUT2D eigenvalue weighted by atomic mass is 32.1. The molecule has 1 saturated heterocycles. The van der Waals surface area contributed by atoms with Crippen LogP contribution < -0.4 is 0 Å². The molecule has 8 heteroatoms. The van der Waals surface area contributed by atoms with Crippen LogP contribution in [0.15, 0.2) is 40.8 Å². The van der Waals surface area contributed by atoms with Crippen LogP contribution in [-0.2, 0) is 9.53 Å². The second-order valence-corrected chi connectivity index (χ2v) is 7.02. The van der Waals surface area contributed by atoms with Crippen LogP contribution in [0.25, 0.3) is 21.0 Å². The fourth-order valence-electron chi connectivity index (χ4n) is 2.92. The standard InChI is InChI=1S/C18H16N2O5S/c21-16(22)9-11-10-20(7-8-24-11)18(23)14-6-5-13(25-14)17-19-12-3-1-2-4-15(12)26-17/h1-6,11H,7-10H2,(H,21,22). The van der Waals surface area contributed by atoms with E-state index < -0.39 is 12.1 Å². The zero-order valence-corrected chi connectivity index (χ0v) is 14.6. The molecule has 0 bridgehead atoms. The van der Waals surface area contributed by atoms with Gasteiger partial charge in [0, 0.05) is 13.1 Å². The quantitative estimate of drug-likeness (QED) is 0.757. The molecule has 0 saturated carbocycles. The van der Waals surface area contributed by atoms with Crippen molar-refractivity contribution < 1.29 is 23.8 Å². The largest absolute Gasteiger partial charge is 0.481 e. The van der Waals surface area contributed by atoms with Gasteiger partial charge in [-0.2, -0.15) is 0 Å². The minimum absolute atomic E-state index is 0.126. The lowest BCUT2D eigenvalue weighted by molar-refractivity contribution is -0.141. The first kappa shape index (κ1) is 16.7. The summed E-state index contributed by atoms with van der Waals surface area (Å²) in [7, 11) is 0. The van der Waals surface area contributed by atoms with E-state index >= 15 is 0 Å². The van der Waals surface area contributed by atoms with E-state index in [2.05, 4.69) is 4.98 Å². The number of hydrogen-bond donors (Lipinski definition) is 1. The number of aliphatic carboxylic acids is 1. The van der Waals surface area contributed by atoms with Gasteiger partial charge in [-0.05, 0) is 24.3 Å². The molecule has 1 N–H and O–H groups in total. The highest BCUT2D eigenvalue weighted by Crippen LogP contribution is 2.31. The first-order valence-electron chi connectivity index (χ1n) is 8.18. The molecular formula is C18H16N2O5S. The molecule has 1 atom stereocenters. The van der Waals surface area contributed by atoms with Crippen molar-refractivity contribution in [1.29, 1.82) is 0 Å². The number of nitrogens with zero attached hydrogens (tertiary/aromatic N) is 2. The topological polar surface area (TPSA) is 92.9 Å². The molecule has 1 amide bonds.